The van der Waals surface area contributed by atoms with E-state index in [1.54, 1.807) is 12.1 Å². The lowest BCUT2D eigenvalue weighted by molar-refractivity contribution is -0.122. The van der Waals surface area contributed by atoms with Gasteiger partial charge in [0.05, 0.1) is 0 Å². The zero-order valence-corrected chi connectivity index (χ0v) is 16.5. The van der Waals surface area contributed by atoms with E-state index < -0.39 is 0 Å². The van der Waals surface area contributed by atoms with Crippen molar-refractivity contribution in [2.75, 3.05) is 19.6 Å². The molecule has 5 nitrogen and oxygen atoms in total. The number of benzene rings is 2. The number of nitrogens with one attached hydrogen (secondary N) is 2. The number of hydrogen-bond acceptors (Lipinski definition) is 3. The van der Waals surface area contributed by atoms with E-state index in [9.17, 15) is 9.59 Å². The summed E-state index contributed by atoms with van der Waals surface area (Å²) in [5, 5.41) is 5.91. The highest BCUT2D eigenvalue weighted by molar-refractivity contribution is 5.94. The summed E-state index contributed by atoms with van der Waals surface area (Å²) in [6.07, 6.45) is 2.24. The number of likely N-dealkylation sites (tertiary alicyclic amines) is 1. The van der Waals surface area contributed by atoms with Gasteiger partial charge >= 0.3 is 0 Å². The molecule has 0 spiro atoms. The molecule has 1 fully saturated rings. The normalized spacial score (nSPS) is 15.2. The first-order valence-corrected chi connectivity index (χ1v) is 10.0. The summed E-state index contributed by atoms with van der Waals surface area (Å²) in [5.41, 5.74) is 3.25. The van der Waals surface area contributed by atoms with Crippen LogP contribution in [0.2, 0.25) is 0 Å². The maximum atomic E-state index is 12.2. The number of rotatable bonds is 7. The summed E-state index contributed by atoms with van der Waals surface area (Å²) in [7, 11) is 0. The molecule has 2 aromatic rings. The second-order valence-electron chi connectivity index (χ2n) is 7.48. The Hall–Kier alpha value is -2.66. The van der Waals surface area contributed by atoms with E-state index in [2.05, 4.69) is 46.7 Å². The lowest BCUT2D eigenvalue weighted by Gasteiger charge is -2.32. The molecule has 148 valence electrons. The SMILES string of the molecule is Cc1cccc(CN2CCC(NC(=O)CCNC(=O)c3ccccc3)CC2)c1. The molecule has 3 rings (SSSR count). The number of aryl methyl sites for hydroxylation is 1. The summed E-state index contributed by atoms with van der Waals surface area (Å²) in [6.45, 7) is 5.42. The molecule has 1 aliphatic rings. The van der Waals surface area contributed by atoms with E-state index in [1.165, 1.54) is 11.1 Å². The quantitative estimate of drug-likeness (QED) is 0.778. The lowest BCUT2D eigenvalue weighted by Crippen LogP contribution is -2.45. The van der Waals surface area contributed by atoms with Gasteiger partial charge in [0, 0.05) is 44.2 Å². The minimum Gasteiger partial charge on any atom is -0.353 e. The van der Waals surface area contributed by atoms with Crippen LogP contribution in [-0.4, -0.2) is 42.4 Å². The molecule has 0 aromatic heterocycles. The third-order valence-corrected chi connectivity index (χ3v) is 5.11. The van der Waals surface area contributed by atoms with E-state index >= 15 is 0 Å². The number of amides is 2. The molecule has 0 unspecified atom stereocenters. The van der Waals surface area contributed by atoms with Gasteiger partial charge < -0.3 is 10.6 Å². The van der Waals surface area contributed by atoms with Crippen LogP contribution in [-0.2, 0) is 11.3 Å². The van der Waals surface area contributed by atoms with E-state index in [0.29, 0.717) is 18.5 Å². The van der Waals surface area contributed by atoms with Crippen molar-refractivity contribution in [1.82, 2.24) is 15.5 Å². The molecule has 1 aliphatic heterocycles. The molecule has 2 N–H and O–H groups in total. The van der Waals surface area contributed by atoms with Crippen LogP contribution in [0.25, 0.3) is 0 Å². The molecular weight excluding hydrogens is 350 g/mol. The van der Waals surface area contributed by atoms with Crippen LogP contribution in [0.15, 0.2) is 54.6 Å². The number of piperidine rings is 1. The minimum atomic E-state index is -0.141. The van der Waals surface area contributed by atoms with Gasteiger partial charge in [-0.05, 0) is 37.5 Å². The first kappa shape index (κ1) is 20.1. The largest absolute Gasteiger partial charge is 0.353 e. The zero-order chi connectivity index (χ0) is 19.8. The average Bonchev–Trinajstić information content (AvgIpc) is 2.70. The Labute approximate surface area is 167 Å². The summed E-state index contributed by atoms with van der Waals surface area (Å²) in [5.74, 6) is -0.136. The fourth-order valence-electron chi connectivity index (χ4n) is 3.59. The topological polar surface area (TPSA) is 61.4 Å². The Morgan fingerprint density at radius 2 is 1.79 bits per heavy atom. The third-order valence-electron chi connectivity index (χ3n) is 5.11. The van der Waals surface area contributed by atoms with Crippen LogP contribution >= 0.6 is 0 Å². The van der Waals surface area contributed by atoms with Crippen molar-refractivity contribution in [3.8, 4) is 0 Å². The van der Waals surface area contributed by atoms with Gasteiger partial charge in [-0.3, -0.25) is 14.5 Å². The number of carbonyl (C=O) groups is 2. The van der Waals surface area contributed by atoms with Crippen molar-refractivity contribution in [2.24, 2.45) is 0 Å². The van der Waals surface area contributed by atoms with Crippen LogP contribution in [0.4, 0.5) is 0 Å². The van der Waals surface area contributed by atoms with Crippen molar-refractivity contribution in [3.63, 3.8) is 0 Å². The summed E-state index contributed by atoms with van der Waals surface area (Å²) in [4.78, 5) is 26.6. The third kappa shape index (κ3) is 6.20. The molecule has 2 amide bonds. The predicted octanol–water partition coefficient (Wildman–Crippen LogP) is 2.90. The van der Waals surface area contributed by atoms with Crippen molar-refractivity contribution in [3.05, 3.63) is 71.3 Å². The predicted molar refractivity (Wildman–Crippen MR) is 111 cm³/mol. The van der Waals surface area contributed by atoms with E-state index in [1.807, 2.05) is 18.2 Å². The minimum absolute atomic E-state index is 0.00509. The van der Waals surface area contributed by atoms with Gasteiger partial charge in [0.25, 0.3) is 5.91 Å². The summed E-state index contributed by atoms with van der Waals surface area (Å²) >= 11 is 0. The first-order valence-electron chi connectivity index (χ1n) is 10.0. The summed E-state index contributed by atoms with van der Waals surface area (Å²) in [6, 6.07) is 17.9. The van der Waals surface area contributed by atoms with Gasteiger partial charge in [-0.15, -0.1) is 0 Å². The number of hydrogen-bond donors (Lipinski definition) is 2. The highest BCUT2D eigenvalue weighted by Crippen LogP contribution is 2.15. The number of carbonyl (C=O) groups excluding carboxylic acids is 2. The Kier molecular flexibility index (Phi) is 7.20. The first-order chi connectivity index (χ1) is 13.6. The monoisotopic (exact) mass is 379 g/mol. The van der Waals surface area contributed by atoms with Gasteiger partial charge in [-0.1, -0.05) is 48.0 Å². The van der Waals surface area contributed by atoms with Crippen molar-refractivity contribution in [2.45, 2.75) is 38.8 Å². The maximum Gasteiger partial charge on any atom is 0.251 e. The molecule has 1 heterocycles. The second-order valence-corrected chi connectivity index (χ2v) is 7.48. The molecule has 0 bridgehead atoms. The molecule has 0 saturated carbocycles. The fraction of sp³-hybridized carbons (Fsp3) is 0.391. The molecule has 28 heavy (non-hydrogen) atoms. The van der Waals surface area contributed by atoms with Crippen molar-refractivity contribution < 1.29 is 9.59 Å². The number of nitrogens with zero attached hydrogens (tertiary/aromatic N) is 1. The average molecular weight is 380 g/mol. The van der Waals surface area contributed by atoms with Gasteiger partial charge in [0.15, 0.2) is 0 Å². The fourth-order valence-corrected chi connectivity index (χ4v) is 3.59. The second kappa shape index (κ2) is 10.0. The van der Waals surface area contributed by atoms with Gasteiger partial charge in [0.1, 0.15) is 0 Å². The lowest BCUT2D eigenvalue weighted by atomic mass is 10.0. The Balaban J connectivity index is 1.33. The van der Waals surface area contributed by atoms with Gasteiger partial charge in [-0.25, -0.2) is 0 Å². The molecule has 1 saturated heterocycles. The van der Waals surface area contributed by atoms with Gasteiger partial charge in [0.2, 0.25) is 5.91 Å². The van der Waals surface area contributed by atoms with E-state index in [-0.39, 0.29) is 17.9 Å². The smallest absolute Gasteiger partial charge is 0.251 e. The summed E-state index contributed by atoms with van der Waals surface area (Å²) < 4.78 is 0. The van der Waals surface area contributed by atoms with Crippen LogP contribution in [0.3, 0.4) is 0 Å². The van der Waals surface area contributed by atoms with Crippen LogP contribution < -0.4 is 10.6 Å². The molecule has 5 heteroatoms. The maximum absolute atomic E-state index is 12.2. The van der Waals surface area contributed by atoms with Crippen molar-refractivity contribution >= 4 is 11.8 Å². The molecule has 2 aromatic carbocycles. The standard InChI is InChI=1S/C23H29N3O2/c1-18-6-5-7-19(16-18)17-26-14-11-21(12-15-26)25-22(27)10-13-24-23(28)20-8-3-2-4-9-20/h2-9,16,21H,10-15,17H2,1H3,(H,24,28)(H,25,27). The van der Waals surface area contributed by atoms with E-state index in [4.69, 9.17) is 0 Å². The van der Waals surface area contributed by atoms with Crippen LogP contribution in [0, 0.1) is 6.92 Å². The molecule has 0 atom stereocenters. The van der Waals surface area contributed by atoms with Crippen LogP contribution in [0.5, 0.6) is 0 Å². The highest BCUT2D eigenvalue weighted by Gasteiger charge is 2.20. The highest BCUT2D eigenvalue weighted by atomic mass is 16.2. The molecule has 0 radical (unpaired) electrons. The Morgan fingerprint density at radius 1 is 1.04 bits per heavy atom. The van der Waals surface area contributed by atoms with Crippen molar-refractivity contribution in [1.29, 1.82) is 0 Å². The Bertz CT molecular complexity index is 783. The van der Waals surface area contributed by atoms with E-state index in [0.717, 1.165) is 32.5 Å². The van der Waals surface area contributed by atoms with Gasteiger partial charge in [-0.2, -0.15) is 0 Å². The zero-order valence-electron chi connectivity index (χ0n) is 16.5. The Morgan fingerprint density at radius 3 is 2.50 bits per heavy atom. The van der Waals surface area contributed by atoms with Crippen LogP contribution in [0.1, 0.15) is 40.7 Å². The molecular formula is C23H29N3O2. The molecule has 0 aliphatic carbocycles.